The third-order valence-electron chi connectivity index (χ3n) is 12.2. The van der Waals surface area contributed by atoms with Gasteiger partial charge in [-0.05, 0) is 83.5 Å². The summed E-state index contributed by atoms with van der Waals surface area (Å²) < 4.78 is 13.1. The van der Waals surface area contributed by atoms with Crippen LogP contribution < -0.4 is 0 Å². The minimum Gasteiger partial charge on any atom is -0.456 e. The molecule has 194 valence electrons. The summed E-state index contributed by atoms with van der Waals surface area (Å²) in [5, 5.41) is 32.7. The molecule has 2 heterocycles. The summed E-state index contributed by atoms with van der Waals surface area (Å²) in [6, 6.07) is 0. The highest BCUT2D eigenvalue weighted by molar-refractivity contribution is 5.90. The lowest BCUT2D eigenvalue weighted by molar-refractivity contribution is -0.281. The lowest BCUT2D eigenvalue weighted by Crippen LogP contribution is -2.72. The van der Waals surface area contributed by atoms with E-state index in [0.717, 1.165) is 31.3 Å². The van der Waals surface area contributed by atoms with Gasteiger partial charge >= 0.3 is 5.97 Å². The molecule has 4 saturated carbocycles. The van der Waals surface area contributed by atoms with Gasteiger partial charge in [-0.3, -0.25) is 4.79 Å². The highest BCUT2D eigenvalue weighted by atomic mass is 16.6. The summed E-state index contributed by atoms with van der Waals surface area (Å²) in [6.45, 7) is 7.85. The first-order chi connectivity index (χ1) is 16.4. The monoisotopic (exact) mass is 488 g/mol. The Labute approximate surface area is 207 Å². The van der Waals surface area contributed by atoms with Crippen molar-refractivity contribution in [2.75, 3.05) is 6.61 Å². The number of aliphatic hydroxyl groups excluding tert-OH is 2. The molecule has 2 bridgehead atoms. The normalized spacial score (nSPS) is 55.3. The first kappa shape index (κ1) is 24.1. The highest BCUT2D eigenvalue weighted by Crippen LogP contribution is 2.76. The van der Waals surface area contributed by atoms with Crippen molar-refractivity contribution in [3.05, 3.63) is 11.1 Å². The molecule has 7 heteroatoms. The molecule has 4 aliphatic carbocycles. The SMILES string of the molecule is CC1=C(CO)C(=O)OC(C2(C)OC34CCC2C3(C)CCC2C4CC(O)C3(O)CCCC(=O)C23C)C1. The number of esters is 1. The van der Waals surface area contributed by atoms with E-state index < -0.39 is 40.4 Å². The molecule has 0 spiro atoms. The Kier molecular flexibility index (Phi) is 4.94. The molecular formula is C28H40O7. The first-order valence-corrected chi connectivity index (χ1v) is 13.5. The van der Waals surface area contributed by atoms with Crippen molar-refractivity contribution in [1.29, 1.82) is 0 Å². The maximum atomic E-state index is 13.4. The molecule has 0 radical (unpaired) electrons. The van der Waals surface area contributed by atoms with Crippen LogP contribution >= 0.6 is 0 Å². The second kappa shape index (κ2) is 7.18. The van der Waals surface area contributed by atoms with Crippen molar-refractivity contribution in [3.8, 4) is 0 Å². The van der Waals surface area contributed by atoms with Crippen LogP contribution in [0, 0.1) is 28.6 Å². The van der Waals surface area contributed by atoms with Crippen molar-refractivity contribution < 1.29 is 34.4 Å². The minimum absolute atomic E-state index is 0.0423. The third kappa shape index (κ3) is 2.56. The van der Waals surface area contributed by atoms with Crippen LogP contribution in [0.25, 0.3) is 0 Å². The third-order valence-corrected chi connectivity index (χ3v) is 12.2. The number of fused-ring (bicyclic) bond motifs is 3. The predicted molar refractivity (Wildman–Crippen MR) is 126 cm³/mol. The van der Waals surface area contributed by atoms with Gasteiger partial charge in [0.05, 0.1) is 29.3 Å². The zero-order valence-corrected chi connectivity index (χ0v) is 21.4. The van der Waals surface area contributed by atoms with Gasteiger partial charge in [0.25, 0.3) is 0 Å². The van der Waals surface area contributed by atoms with E-state index in [-0.39, 0.29) is 35.6 Å². The van der Waals surface area contributed by atoms with Gasteiger partial charge in [-0.15, -0.1) is 0 Å². The number of ketones is 1. The van der Waals surface area contributed by atoms with Crippen LogP contribution in [-0.2, 0) is 19.1 Å². The molecule has 7 nitrogen and oxygen atoms in total. The molecule has 10 atom stereocenters. The summed E-state index contributed by atoms with van der Waals surface area (Å²) >= 11 is 0. The molecule has 0 aromatic carbocycles. The Hall–Kier alpha value is -1.28. The average Bonchev–Trinajstić information content (AvgIpc) is 3.20. The largest absolute Gasteiger partial charge is 0.456 e. The summed E-state index contributed by atoms with van der Waals surface area (Å²) in [6.07, 6.45) is 4.62. The van der Waals surface area contributed by atoms with Gasteiger partial charge in [-0.2, -0.15) is 0 Å². The zero-order chi connectivity index (χ0) is 25.2. The Balaban J connectivity index is 1.41. The van der Waals surface area contributed by atoms with Gasteiger partial charge in [0.2, 0.25) is 0 Å². The quantitative estimate of drug-likeness (QED) is 0.512. The first-order valence-electron chi connectivity index (χ1n) is 13.5. The Morgan fingerprint density at radius 1 is 1.06 bits per heavy atom. The van der Waals surface area contributed by atoms with Crippen molar-refractivity contribution in [2.24, 2.45) is 28.6 Å². The van der Waals surface area contributed by atoms with Gasteiger partial charge in [-0.25, -0.2) is 4.79 Å². The van der Waals surface area contributed by atoms with Gasteiger partial charge in [-0.1, -0.05) is 12.5 Å². The number of carbonyl (C=O) groups is 2. The topological polar surface area (TPSA) is 113 Å². The molecule has 6 aliphatic rings. The van der Waals surface area contributed by atoms with Gasteiger partial charge in [0, 0.05) is 18.3 Å². The lowest BCUT2D eigenvalue weighted by Gasteiger charge is -2.65. The van der Waals surface area contributed by atoms with Crippen molar-refractivity contribution in [1.82, 2.24) is 0 Å². The molecule has 3 N–H and O–H groups in total. The molecule has 2 aliphatic heterocycles. The number of cyclic esters (lactones) is 1. The number of rotatable bonds is 2. The molecule has 10 unspecified atom stereocenters. The number of hydrogen-bond acceptors (Lipinski definition) is 7. The standard InChI is InChI=1S/C28H40O7/c1-15-12-22(34-23(32)16(15)14-29)26(4)19-8-11-28(35-26)18-13-21(31)27(33)9-5-6-20(30)25(27,3)17(18)7-10-24(19,28)2/h17-19,21-22,29,31,33H,5-14H2,1-4H3. The number of aliphatic hydroxyl groups is 3. The minimum atomic E-state index is -1.38. The van der Waals surface area contributed by atoms with E-state index in [9.17, 15) is 24.9 Å². The van der Waals surface area contributed by atoms with E-state index >= 15 is 0 Å². The van der Waals surface area contributed by atoms with E-state index in [1.807, 2.05) is 13.8 Å². The number of ether oxygens (including phenoxy) is 2. The molecule has 1 saturated heterocycles. The van der Waals surface area contributed by atoms with E-state index in [1.54, 1.807) is 0 Å². The fourth-order valence-corrected chi connectivity index (χ4v) is 10.3. The lowest BCUT2D eigenvalue weighted by atomic mass is 9.41. The fourth-order valence-electron chi connectivity index (χ4n) is 10.3. The van der Waals surface area contributed by atoms with Crippen LogP contribution in [0.4, 0.5) is 0 Å². The second-order valence-corrected chi connectivity index (χ2v) is 13.1. The fraction of sp³-hybridized carbons (Fsp3) is 0.857. The second-order valence-electron chi connectivity index (χ2n) is 13.1. The van der Waals surface area contributed by atoms with E-state index in [2.05, 4.69) is 13.8 Å². The Morgan fingerprint density at radius 3 is 2.49 bits per heavy atom. The maximum absolute atomic E-state index is 13.4. The van der Waals surface area contributed by atoms with Crippen LogP contribution in [0.2, 0.25) is 0 Å². The van der Waals surface area contributed by atoms with Crippen LogP contribution in [-0.4, -0.2) is 62.7 Å². The van der Waals surface area contributed by atoms with Gasteiger partial charge < -0.3 is 24.8 Å². The van der Waals surface area contributed by atoms with Crippen molar-refractivity contribution in [3.63, 3.8) is 0 Å². The molecule has 0 aromatic rings. The predicted octanol–water partition coefficient (Wildman–Crippen LogP) is 2.84. The number of carbonyl (C=O) groups excluding carboxylic acids is 2. The summed E-state index contributed by atoms with van der Waals surface area (Å²) in [5.41, 5.74) is -2.54. The molecular weight excluding hydrogens is 448 g/mol. The molecule has 6 rings (SSSR count). The van der Waals surface area contributed by atoms with Gasteiger partial charge in [0.1, 0.15) is 23.1 Å². The van der Waals surface area contributed by atoms with Crippen molar-refractivity contribution >= 4 is 11.8 Å². The summed E-state index contributed by atoms with van der Waals surface area (Å²) in [7, 11) is 0. The number of Topliss-reactive ketones (excluding diaryl/α,β-unsaturated/α-hetero) is 1. The van der Waals surface area contributed by atoms with Gasteiger partial charge in [0.15, 0.2) is 0 Å². The molecule has 0 aromatic heterocycles. The molecule has 5 fully saturated rings. The van der Waals surface area contributed by atoms with Crippen molar-refractivity contribution in [2.45, 2.75) is 114 Å². The van der Waals surface area contributed by atoms with E-state index in [4.69, 9.17) is 9.47 Å². The zero-order valence-electron chi connectivity index (χ0n) is 21.4. The Morgan fingerprint density at radius 2 is 1.80 bits per heavy atom. The molecule has 35 heavy (non-hydrogen) atoms. The number of hydrogen-bond donors (Lipinski definition) is 3. The smallest absolute Gasteiger partial charge is 0.336 e. The van der Waals surface area contributed by atoms with E-state index in [1.165, 1.54) is 0 Å². The summed E-state index contributed by atoms with van der Waals surface area (Å²) in [4.78, 5) is 26.1. The Bertz CT molecular complexity index is 1020. The maximum Gasteiger partial charge on any atom is 0.336 e. The van der Waals surface area contributed by atoms with Crippen LogP contribution in [0.5, 0.6) is 0 Å². The molecule has 0 amide bonds. The average molecular weight is 489 g/mol. The van der Waals surface area contributed by atoms with Crippen LogP contribution in [0.3, 0.4) is 0 Å². The van der Waals surface area contributed by atoms with Crippen LogP contribution in [0.15, 0.2) is 11.1 Å². The highest BCUT2D eigenvalue weighted by Gasteiger charge is 2.80. The van der Waals surface area contributed by atoms with Crippen LogP contribution in [0.1, 0.15) is 85.5 Å². The van der Waals surface area contributed by atoms with E-state index in [0.29, 0.717) is 37.7 Å². The summed E-state index contributed by atoms with van der Waals surface area (Å²) in [5.74, 6) is -0.289.